The summed E-state index contributed by atoms with van der Waals surface area (Å²) in [6.07, 6.45) is 5.74. The highest BCUT2D eigenvalue weighted by Crippen LogP contribution is 2.31. The maximum absolute atomic E-state index is 13.6. The fourth-order valence-electron chi connectivity index (χ4n) is 4.28. The number of amides is 1. The van der Waals surface area contributed by atoms with Crippen LogP contribution in [-0.2, 0) is 11.3 Å². The van der Waals surface area contributed by atoms with Crippen LogP contribution in [0.3, 0.4) is 0 Å². The van der Waals surface area contributed by atoms with Gasteiger partial charge in [0, 0.05) is 44.5 Å². The summed E-state index contributed by atoms with van der Waals surface area (Å²) in [5.74, 6) is 1.17. The molecule has 0 bridgehead atoms. The van der Waals surface area contributed by atoms with Crippen molar-refractivity contribution in [3.8, 4) is 0 Å². The molecule has 7 heteroatoms. The summed E-state index contributed by atoms with van der Waals surface area (Å²) in [6.45, 7) is 5.08. The maximum Gasteiger partial charge on any atom is 0.229 e. The van der Waals surface area contributed by atoms with Crippen LogP contribution < -0.4 is 10.9 Å². The Morgan fingerprint density at radius 1 is 1.33 bits per heavy atom. The largest absolute Gasteiger partial charge is 0.342 e. The molecule has 2 N–H and O–H groups in total. The van der Waals surface area contributed by atoms with E-state index in [-0.39, 0.29) is 23.7 Å². The van der Waals surface area contributed by atoms with Crippen molar-refractivity contribution in [1.82, 2.24) is 25.3 Å². The minimum absolute atomic E-state index is 0.138. The topological polar surface area (TPSA) is 62.2 Å². The number of carbonyl (C=O) groups is 1. The summed E-state index contributed by atoms with van der Waals surface area (Å²) < 4.78 is 15.8. The molecule has 6 nitrogen and oxygen atoms in total. The third kappa shape index (κ3) is 3.61. The minimum Gasteiger partial charge on any atom is -0.342 e. The second-order valence-corrected chi connectivity index (χ2v) is 7.34. The van der Waals surface area contributed by atoms with Gasteiger partial charge in [0.05, 0.1) is 12.0 Å². The molecule has 0 aliphatic carbocycles. The lowest BCUT2D eigenvalue weighted by Crippen LogP contribution is -2.43. The molecule has 0 radical (unpaired) electrons. The fourth-order valence-corrected chi connectivity index (χ4v) is 4.28. The van der Waals surface area contributed by atoms with Gasteiger partial charge in [-0.2, -0.15) is 0 Å². The van der Waals surface area contributed by atoms with E-state index >= 15 is 0 Å². The predicted octanol–water partition coefficient (Wildman–Crippen LogP) is 2.21. The summed E-state index contributed by atoms with van der Waals surface area (Å²) in [5, 5.41) is 0. The summed E-state index contributed by atoms with van der Waals surface area (Å²) in [6, 6.07) is 6.28. The number of imidazole rings is 1. The lowest BCUT2D eigenvalue weighted by molar-refractivity contribution is -0.136. The van der Waals surface area contributed by atoms with E-state index in [4.69, 9.17) is 0 Å². The Hall–Kier alpha value is -2.25. The second kappa shape index (κ2) is 7.78. The van der Waals surface area contributed by atoms with Gasteiger partial charge in [0.25, 0.3) is 0 Å². The van der Waals surface area contributed by atoms with Crippen LogP contribution in [0.5, 0.6) is 0 Å². The van der Waals surface area contributed by atoms with Crippen LogP contribution in [0.2, 0.25) is 0 Å². The van der Waals surface area contributed by atoms with Crippen molar-refractivity contribution in [3.63, 3.8) is 0 Å². The van der Waals surface area contributed by atoms with Gasteiger partial charge in [-0.1, -0.05) is 12.1 Å². The normalized spacial score (nSPS) is 23.7. The van der Waals surface area contributed by atoms with E-state index in [9.17, 15) is 9.18 Å². The van der Waals surface area contributed by atoms with E-state index in [1.54, 1.807) is 6.07 Å². The van der Waals surface area contributed by atoms with Crippen molar-refractivity contribution < 1.29 is 9.18 Å². The Bertz CT molecular complexity index is 799. The van der Waals surface area contributed by atoms with E-state index < -0.39 is 0 Å². The predicted molar refractivity (Wildman–Crippen MR) is 100 cm³/mol. The quantitative estimate of drug-likeness (QED) is 0.865. The van der Waals surface area contributed by atoms with Crippen LogP contribution in [-0.4, -0.2) is 40.0 Å². The van der Waals surface area contributed by atoms with Crippen molar-refractivity contribution in [2.24, 2.45) is 5.92 Å². The molecule has 1 aromatic heterocycles. The van der Waals surface area contributed by atoms with Gasteiger partial charge in [-0.05, 0) is 37.5 Å². The standard InChI is InChI=1S/C20H26FN5O/c1-2-25-11-8-22-19(25)14-6-9-26(10-7-14)20(27)17-13-23-24-18(17)15-4-3-5-16(21)12-15/h3-5,8,11-12,14,17-18,23-24H,2,6-7,9-10,13H2,1H3. The third-order valence-electron chi connectivity index (χ3n) is 5.77. The molecule has 0 spiro atoms. The van der Waals surface area contributed by atoms with Crippen molar-refractivity contribution in [3.05, 3.63) is 53.9 Å². The molecule has 3 heterocycles. The molecule has 0 saturated carbocycles. The average molecular weight is 371 g/mol. The fraction of sp³-hybridized carbons (Fsp3) is 0.500. The van der Waals surface area contributed by atoms with Gasteiger partial charge in [0.1, 0.15) is 11.6 Å². The molecule has 2 aromatic rings. The minimum atomic E-state index is -0.278. The molecule has 4 rings (SSSR count). The summed E-state index contributed by atoms with van der Waals surface area (Å²) >= 11 is 0. The first kappa shape index (κ1) is 18.1. The van der Waals surface area contributed by atoms with Crippen LogP contribution in [0.1, 0.15) is 43.1 Å². The number of hydrazine groups is 1. The summed E-state index contributed by atoms with van der Waals surface area (Å²) in [7, 11) is 0. The number of likely N-dealkylation sites (tertiary alicyclic amines) is 1. The summed E-state index contributed by atoms with van der Waals surface area (Å²) in [5.41, 5.74) is 7.02. The Morgan fingerprint density at radius 3 is 2.89 bits per heavy atom. The van der Waals surface area contributed by atoms with Crippen LogP contribution >= 0.6 is 0 Å². The van der Waals surface area contributed by atoms with Crippen LogP contribution in [0.15, 0.2) is 36.7 Å². The van der Waals surface area contributed by atoms with Crippen LogP contribution in [0.4, 0.5) is 4.39 Å². The number of hydrogen-bond acceptors (Lipinski definition) is 4. The van der Waals surface area contributed by atoms with E-state index in [2.05, 4.69) is 27.3 Å². The number of rotatable bonds is 4. The molecule has 2 saturated heterocycles. The molecule has 144 valence electrons. The van der Waals surface area contributed by atoms with Gasteiger partial charge in [0.2, 0.25) is 5.91 Å². The smallest absolute Gasteiger partial charge is 0.229 e. The lowest BCUT2D eigenvalue weighted by Gasteiger charge is -2.34. The first-order chi connectivity index (χ1) is 13.2. The highest BCUT2D eigenvalue weighted by Gasteiger charge is 2.38. The van der Waals surface area contributed by atoms with E-state index in [1.807, 2.05) is 23.4 Å². The monoisotopic (exact) mass is 371 g/mol. The zero-order chi connectivity index (χ0) is 18.8. The molecule has 2 aliphatic rings. The van der Waals surface area contributed by atoms with Crippen LogP contribution in [0, 0.1) is 11.7 Å². The number of aromatic nitrogens is 2. The van der Waals surface area contributed by atoms with E-state index in [1.165, 1.54) is 12.1 Å². The van der Waals surface area contributed by atoms with Gasteiger partial charge < -0.3 is 9.47 Å². The Balaban J connectivity index is 1.41. The van der Waals surface area contributed by atoms with Gasteiger partial charge in [-0.3, -0.25) is 10.2 Å². The first-order valence-corrected chi connectivity index (χ1v) is 9.71. The highest BCUT2D eigenvalue weighted by molar-refractivity contribution is 5.80. The summed E-state index contributed by atoms with van der Waals surface area (Å²) in [4.78, 5) is 19.6. The van der Waals surface area contributed by atoms with Crippen molar-refractivity contribution in [1.29, 1.82) is 0 Å². The van der Waals surface area contributed by atoms with Crippen LogP contribution in [0.25, 0.3) is 0 Å². The van der Waals surface area contributed by atoms with Gasteiger partial charge in [-0.15, -0.1) is 0 Å². The Morgan fingerprint density at radius 2 is 2.15 bits per heavy atom. The Kier molecular flexibility index (Phi) is 5.22. The third-order valence-corrected chi connectivity index (χ3v) is 5.77. The number of hydrogen-bond donors (Lipinski definition) is 2. The number of halogens is 1. The van der Waals surface area contributed by atoms with Gasteiger partial charge in [-0.25, -0.2) is 14.8 Å². The van der Waals surface area contributed by atoms with Crippen molar-refractivity contribution in [2.45, 2.75) is 38.3 Å². The lowest BCUT2D eigenvalue weighted by atomic mass is 9.91. The molecule has 2 unspecified atom stereocenters. The van der Waals surface area contributed by atoms with Crippen molar-refractivity contribution >= 4 is 5.91 Å². The molecule has 2 aliphatic heterocycles. The number of aryl methyl sites for hydroxylation is 1. The molecular weight excluding hydrogens is 345 g/mol. The van der Waals surface area contributed by atoms with E-state index in [0.29, 0.717) is 12.5 Å². The van der Waals surface area contributed by atoms with E-state index in [0.717, 1.165) is 43.9 Å². The number of piperidine rings is 1. The molecule has 2 fully saturated rings. The zero-order valence-corrected chi connectivity index (χ0v) is 15.6. The van der Waals surface area contributed by atoms with Crippen molar-refractivity contribution in [2.75, 3.05) is 19.6 Å². The van der Waals surface area contributed by atoms with Gasteiger partial charge >= 0.3 is 0 Å². The second-order valence-electron chi connectivity index (χ2n) is 7.34. The Labute approximate surface area is 158 Å². The zero-order valence-electron chi connectivity index (χ0n) is 15.6. The van der Waals surface area contributed by atoms with Gasteiger partial charge in [0.15, 0.2) is 0 Å². The highest BCUT2D eigenvalue weighted by atomic mass is 19.1. The molecular formula is C20H26FN5O. The molecule has 27 heavy (non-hydrogen) atoms. The number of benzene rings is 1. The number of nitrogens with zero attached hydrogens (tertiary/aromatic N) is 3. The average Bonchev–Trinajstić information content (AvgIpc) is 3.37. The molecule has 2 atom stereocenters. The number of nitrogens with one attached hydrogen (secondary N) is 2. The maximum atomic E-state index is 13.6. The first-order valence-electron chi connectivity index (χ1n) is 9.71. The SMILES string of the molecule is CCn1ccnc1C1CCN(C(=O)C2CNNC2c2cccc(F)c2)CC1. The molecule has 1 amide bonds. The molecule has 1 aromatic carbocycles. The number of carbonyl (C=O) groups excluding carboxylic acids is 1.